The number of rotatable bonds is 10. The molecular weight excluding hydrogens is 328 g/mol. The van der Waals surface area contributed by atoms with Gasteiger partial charge in [-0.1, -0.05) is 0 Å². The highest BCUT2D eigenvalue weighted by molar-refractivity contribution is 7.98. The van der Waals surface area contributed by atoms with Gasteiger partial charge in [0, 0.05) is 19.3 Å². The van der Waals surface area contributed by atoms with Crippen molar-refractivity contribution < 1.29 is 21.7 Å². The Morgan fingerprint density at radius 2 is 2.14 bits per heavy atom. The Bertz CT molecular complexity index is 480. The van der Waals surface area contributed by atoms with Crippen molar-refractivity contribution in [3.05, 3.63) is 45.8 Å². The molecule has 0 bridgehead atoms. The molecule has 0 spiro atoms. The van der Waals surface area contributed by atoms with Crippen molar-refractivity contribution in [2.24, 2.45) is 0 Å². The van der Waals surface area contributed by atoms with Crippen molar-refractivity contribution in [3.8, 4) is 0 Å². The van der Waals surface area contributed by atoms with Gasteiger partial charge in [0.05, 0.1) is 17.2 Å². The van der Waals surface area contributed by atoms with Crippen LogP contribution < -0.4 is 23.0 Å². The summed E-state index contributed by atoms with van der Waals surface area (Å²) in [5.41, 5.74) is 0. The molecule has 0 unspecified atom stereocenters. The summed E-state index contributed by atoms with van der Waals surface area (Å²) in [4.78, 5) is 11.9. The molecule has 9 heteroatoms. The third kappa shape index (κ3) is 8.81. The molecule has 0 aliphatic heterocycles. The van der Waals surface area contributed by atoms with Gasteiger partial charge in [-0.05, 0) is 26.2 Å². The van der Waals surface area contributed by atoms with Gasteiger partial charge in [-0.15, -0.1) is 0 Å². The normalized spacial score (nSPS) is 11.2. The summed E-state index contributed by atoms with van der Waals surface area (Å²) in [7, 11) is 5.64. The van der Waals surface area contributed by atoms with Crippen LogP contribution >= 0.6 is 11.8 Å². The van der Waals surface area contributed by atoms with Crippen LogP contribution in [-0.4, -0.2) is 43.3 Å². The topological polar surface area (TPSA) is 83.6 Å². The summed E-state index contributed by atoms with van der Waals surface area (Å²) in [6.07, 6.45) is 0.921. The molecule has 7 nitrogen and oxygen atoms in total. The van der Waals surface area contributed by atoms with E-state index in [4.69, 9.17) is 4.42 Å². The Hall–Kier alpha value is -1.38. The summed E-state index contributed by atoms with van der Waals surface area (Å²) in [6.45, 7) is 1.44. The number of nitrogens with one attached hydrogen (secondary N) is 2. The minimum atomic E-state index is -0.485. The van der Waals surface area contributed by atoms with Gasteiger partial charge in [-0.2, -0.15) is 11.8 Å². The lowest BCUT2D eigenvalue weighted by Gasteiger charge is -2.07. The van der Waals surface area contributed by atoms with Crippen LogP contribution in [0.2, 0.25) is 0 Å². The highest BCUT2D eigenvalue weighted by Gasteiger charge is 2.04. The molecule has 126 valence electrons. The molecule has 0 aliphatic carbocycles. The van der Waals surface area contributed by atoms with Crippen molar-refractivity contribution in [1.82, 2.24) is 15.5 Å². The Balaban J connectivity index is 0.00000441. The van der Waals surface area contributed by atoms with Gasteiger partial charge in [0.2, 0.25) is 0 Å². The van der Waals surface area contributed by atoms with E-state index in [0.29, 0.717) is 12.4 Å². The van der Waals surface area contributed by atoms with E-state index in [9.17, 15) is 10.1 Å². The fourth-order valence-electron chi connectivity index (χ4n) is 1.63. The van der Waals surface area contributed by atoms with Gasteiger partial charge < -0.3 is 32.4 Å². The first-order valence-electron chi connectivity index (χ1n) is 6.58. The molecule has 1 heterocycles. The quantitative estimate of drug-likeness (QED) is 0.301. The van der Waals surface area contributed by atoms with Gasteiger partial charge >= 0.3 is 0 Å². The lowest BCUT2D eigenvalue weighted by Crippen LogP contribution is -3.00. The van der Waals surface area contributed by atoms with Crippen LogP contribution in [-0.2, 0) is 12.3 Å². The van der Waals surface area contributed by atoms with Gasteiger partial charge in [-0.3, -0.25) is 10.1 Å². The first kappa shape index (κ1) is 20.6. The van der Waals surface area contributed by atoms with Crippen LogP contribution in [0, 0.1) is 10.1 Å². The van der Waals surface area contributed by atoms with Crippen molar-refractivity contribution >= 4 is 11.8 Å². The summed E-state index contributed by atoms with van der Waals surface area (Å²) in [6, 6.07) is 3.98. The van der Waals surface area contributed by atoms with Gasteiger partial charge in [-0.25, -0.2) is 0 Å². The average Bonchev–Trinajstić information content (AvgIpc) is 2.83. The van der Waals surface area contributed by atoms with E-state index in [0.717, 1.165) is 35.8 Å². The molecule has 2 N–H and O–H groups in total. The highest BCUT2D eigenvalue weighted by atomic mass is 35.5. The molecule has 1 aromatic heterocycles. The lowest BCUT2D eigenvalue weighted by molar-refractivity contribution is -0.404. The van der Waals surface area contributed by atoms with E-state index in [1.165, 1.54) is 0 Å². The third-order valence-corrected chi connectivity index (χ3v) is 3.48. The molecule has 0 saturated carbocycles. The average molecular weight is 350 g/mol. The van der Waals surface area contributed by atoms with Crippen LogP contribution in [0.5, 0.6) is 0 Å². The fourth-order valence-corrected chi connectivity index (χ4v) is 2.38. The SMILES string of the molecule is CNC(=C[N+](=O)[O-])NCCSCc1ccc(CN(C)C)o1.[Cl-]. The zero-order chi connectivity index (χ0) is 15.7. The number of halogens is 1. The maximum Gasteiger partial charge on any atom is 0.274 e. The van der Waals surface area contributed by atoms with Crippen molar-refractivity contribution in [1.29, 1.82) is 0 Å². The van der Waals surface area contributed by atoms with Crippen LogP contribution in [0.15, 0.2) is 28.6 Å². The number of thioether (sulfide) groups is 1. The van der Waals surface area contributed by atoms with Crippen LogP contribution in [0.3, 0.4) is 0 Å². The predicted molar refractivity (Wildman–Crippen MR) is 84.4 cm³/mol. The number of nitrogens with zero attached hydrogens (tertiary/aromatic N) is 2. The molecule has 0 atom stereocenters. The summed E-state index contributed by atoms with van der Waals surface area (Å²) < 4.78 is 5.70. The van der Waals surface area contributed by atoms with Gasteiger partial charge in [0.1, 0.15) is 11.5 Å². The zero-order valence-corrected chi connectivity index (χ0v) is 14.5. The van der Waals surface area contributed by atoms with E-state index in [-0.39, 0.29) is 12.4 Å². The van der Waals surface area contributed by atoms with Gasteiger partial charge in [0.25, 0.3) is 6.20 Å². The number of nitro groups is 1. The standard InChI is InChI=1S/C13H22N4O3S.ClH/c1-14-13(9-17(18)19)15-6-7-21-10-12-5-4-11(20-12)8-16(2)3;/h4-5,9,14-15H,6-8,10H2,1-3H3;1H/p-1. The molecular formula is C13H22ClN4O3S-. The number of hydrogen-bond donors (Lipinski definition) is 2. The molecule has 1 rings (SSSR count). The third-order valence-electron chi connectivity index (χ3n) is 2.50. The van der Waals surface area contributed by atoms with Crippen LogP contribution in [0.4, 0.5) is 0 Å². The molecule has 0 amide bonds. The molecule has 22 heavy (non-hydrogen) atoms. The predicted octanol–water partition coefficient (Wildman–Crippen LogP) is -1.54. The first-order valence-corrected chi connectivity index (χ1v) is 7.73. The second-order valence-electron chi connectivity index (χ2n) is 4.66. The van der Waals surface area contributed by atoms with Crippen LogP contribution in [0.25, 0.3) is 0 Å². The Morgan fingerprint density at radius 1 is 1.45 bits per heavy atom. The minimum absolute atomic E-state index is 0. The lowest BCUT2D eigenvalue weighted by atomic mass is 10.4. The summed E-state index contributed by atoms with van der Waals surface area (Å²) in [5.74, 6) is 3.95. The second kappa shape index (κ2) is 11.2. The molecule has 1 aromatic rings. The maximum absolute atomic E-state index is 10.3. The molecule has 0 aromatic carbocycles. The summed E-state index contributed by atoms with van der Waals surface area (Å²) in [5, 5.41) is 16.1. The smallest absolute Gasteiger partial charge is 0.274 e. The molecule has 0 fully saturated rings. The monoisotopic (exact) mass is 349 g/mol. The molecule has 0 radical (unpaired) electrons. The Kier molecular flexibility index (Phi) is 10.5. The van der Waals surface area contributed by atoms with Crippen molar-refractivity contribution in [3.63, 3.8) is 0 Å². The fraction of sp³-hybridized carbons (Fsp3) is 0.538. The van der Waals surface area contributed by atoms with E-state index >= 15 is 0 Å². The number of furan rings is 1. The zero-order valence-electron chi connectivity index (χ0n) is 13.0. The Morgan fingerprint density at radius 3 is 2.73 bits per heavy atom. The molecule has 0 aliphatic rings. The van der Waals surface area contributed by atoms with E-state index in [1.54, 1.807) is 18.8 Å². The number of hydrogen-bond acceptors (Lipinski definition) is 7. The molecule has 0 saturated heterocycles. The van der Waals surface area contributed by atoms with E-state index < -0.39 is 4.92 Å². The van der Waals surface area contributed by atoms with Crippen molar-refractivity contribution in [2.45, 2.75) is 12.3 Å². The first-order chi connectivity index (χ1) is 10.0. The second-order valence-corrected chi connectivity index (χ2v) is 5.77. The Labute approximate surface area is 141 Å². The van der Waals surface area contributed by atoms with E-state index in [2.05, 4.69) is 15.5 Å². The highest BCUT2D eigenvalue weighted by Crippen LogP contribution is 2.15. The van der Waals surface area contributed by atoms with Gasteiger partial charge in [0.15, 0.2) is 5.82 Å². The minimum Gasteiger partial charge on any atom is -1.00 e. The maximum atomic E-state index is 10.3. The largest absolute Gasteiger partial charge is 1.00 e. The van der Waals surface area contributed by atoms with Crippen molar-refractivity contribution in [2.75, 3.05) is 33.4 Å². The van der Waals surface area contributed by atoms with Crippen LogP contribution in [0.1, 0.15) is 11.5 Å². The van der Waals surface area contributed by atoms with E-state index in [1.807, 2.05) is 26.2 Å². The summed E-state index contributed by atoms with van der Waals surface area (Å²) >= 11 is 1.72.